The molecule has 1 saturated carbocycles. The maximum absolute atomic E-state index is 14.4. The molecule has 4 atom stereocenters. The molecule has 0 bridgehead atoms. The molecule has 3 aliphatic rings. The van der Waals surface area contributed by atoms with E-state index in [1.807, 2.05) is 30.3 Å². The first-order valence-electron chi connectivity index (χ1n) is 7.97. The summed E-state index contributed by atoms with van der Waals surface area (Å²) in [4.78, 5) is 17.0. The third-order valence-corrected chi connectivity index (χ3v) is 5.41. The molecule has 118 valence electrons. The third-order valence-electron chi connectivity index (χ3n) is 5.41. The molecular formula is C17H16FN3O2. The van der Waals surface area contributed by atoms with Crippen LogP contribution in [0.2, 0.25) is 0 Å². The second-order valence-electron chi connectivity index (χ2n) is 6.77. The van der Waals surface area contributed by atoms with E-state index in [1.165, 1.54) is 0 Å². The number of fused-ring (bicyclic) bond motifs is 2. The zero-order valence-corrected chi connectivity index (χ0v) is 12.5. The Balaban J connectivity index is 1.51. The number of carbonyl (C=O) groups is 1. The molecule has 5 rings (SSSR count). The molecule has 2 aromatic rings. The topological polar surface area (TPSA) is 57.0 Å². The van der Waals surface area contributed by atoms with E-state index >= 15 is 0 Å². The van der Waals surface area contributed by atoms with Crippen LogP contribution in [0.25, 0.3) is 0 Å². The zero-order valence-electron chi connectivity index (χ0n) is 12.5. The summed E-state index contributed by atoms with van der Waals surface area (Å²) in [7, 11) is 0. The molecule has 2 aliphatic heterocycles. The number of hydrogen-bond acceptors (Lipinski definition) is 4. The summed E-state index contributed by atoms with van der Waals surface area (Å²) in [6, 6.07) is 9.49. The Bertz CT molecular complexity index is 790. The molecular weight excluding hydrogens is 297 g/mol. The molecule has 1 aromatic carbocycles. The third kappa shape index (κ3) is 1.78. The van der Waals surface area contributed by atoms with E-state index in [-0.39, 0.29) is 23.5 Å². The minimum atomic E-state index is -1.18. The predicted molar refractivity (Wildman–Crippen MR) is 78.8 cm³/mol. The number of aromatic nitrogens is 3. The highest BCUT2D eigenvalue weighted by Crippen LogP contribution is 2.58. The lowest BCUT2D eigenvalue weighted by molar-refractivity contribution is 0.0818. The fourth-order valence-corrected chi connectivity index (χ4v) is 3.95. The first-order chi connectivity index (χ1) is 11.2. The number of hydrogen-bond donors (Lipinski definition) is 0. The Morgan fingerprint density at radius 3 is 2.87 bits per heavy atom. The molecule has 3 heterocycles. The largest absolute Gasteiger partial charge is 0.380 e. The maximum Gasteiger partial charge on any atom is 0.218 e. The molecule has 23 heavy (non-hydrogen) atoms. The molecule has 1 saturated heterocycles. The summed E-state index contributed by atoms with van der Waals surface area (Å²) in [6.07, 6.45) is -0.0109. The van der Waals surface area contributed by atoms with Crippen molar-refractivity contribution in [2.24, 2.45) is 11.3 Å². The summed E-state index contributed by atoms with van der Waals surface area (Å²) < 4.78 is 21.3. The monoisotopic (exact) mass is 313 g/mol. The first-order valence-corrected chi connectivity index (χ1v) is 7.97. The van der Waals surface area contributed by atoms with E-state index in [4.69, 9.17) is 4.74 Å². The van der Waals surface area contributed by atoms with E-state index < -0.39 is 11.6 Å². The molecule has 1 aromatic heterocycles. The number of carbonyl (C=O) groups excluding carboxylic acids is 1. The number of benzene rings is 1. The summed E-state index contributed by atoms with van der Waals surface area (Å²) in [5.41, 5.74) is 0.556. The van der Waals surface area contributed by atoms with Gasteiger partial charge in [-0.2, -0.15) is 0 Å². The fraction of sp³-hybridized carbons (Fsp3) is 0.471. The standard InChI is InChI=1S/C17H16FN3O2/c18-12-6-13(10-4-2-1-3-5-10)21-16(12)19-15(20-21)14(22)17-7-11(17)8-23-9-17/h1-5,11-13H,6-9H2/t11-,12+,13+,17-/m1/s1. The molecule has 5 nitrogen and oxygen atoms in total. The average molecular weight is 313 g/mol. The van der Waals surface area contributed by atoms with Crippen LogP contribution in [0.4, 0.5) is 4.39 Å². The van der Waals surface area contributed by atoms with Crippen molar-refractivity contribution in [3.05, 3.63) is 47.5 Å². The molecule has 0 N–H and O–H groups in total. The van der Waals surface area contributed by atoms with Gasteiger partial charge in [0.2, 0.25) is 11.6 Å². The smallest absolute Gasteiger partial charge is 0.218 e. The number of ether oxygens (including phenoxy) is 1. The van der Waals surface area contributed by atoms with Crippen LogP contribution in [0.5, 0.6) is 0 Å². The number of halogens is 1. The van der Waals surface area contributed by atoms with Crippen molar-refractivity contribution < 1.29 is 13.9 Å². The van der Waals surface area contributed by atoms with Gasteiger partial charge in [-0.05, 0) is 17.9 Å². The highest BCUT2D eigenvalue weighted by molar-refractivity contribution is 6.00. The number of alkyl halides is 1. The van der Waals surface area contributed by atoms with E-state index in [0.29, 0.717) is 25.6 Å². The molecule has 0 unspecified atom stereocenters. The number of rotatable bonds is 3. The highest BCUT2D eigenvalue weighted by Gasteiger charge is 2.64. The minimum Gasteiger partial charge on any atom is -0.380 e. The van der Waals surface area contributed by atoms with E-state index in [9.17, 15) is 9.18 Å². The lowest BCUT2D eigenvalue weighted by atomic mass is 10.00. The number of ketones is 1. The lowest BCUT2D eigenvalue weighted by Gasteiger charge is -2.11. The minimum absolute atomic E-state index is 0.0825. The summed E-state index contributed by atoms with van der Waals surface area (Å²) >= 11 is 0. The van der Waals surface area contributed by atoms with Gasteiger partial charge in [0.1, 0.15) is 0 Å². The summed E-state index contributed by atoms with van der Waals surface area (Å²) in [5, 5.41) is 4.38. The van der Waals surface area contributed by atoms with Gasteiger partial charge in [0.05, 0.1) is 24.7 Å². The Morgan fingerprint density at radius 2 is 2.17 bits per heavy atom. The summed E-state index contributed by atoms with van der Waals surface area (Å²) in [6.45, 7) is 1.08. The van der Waals surface area contributed by atoms with Gasteiger partial charge in [-0.3, -0.25) is 4.79 Å². The maximum atomic E-state index is 14.4. The van der Waals surface area contributed by atoms with Crippen molar-refractivity contribution in [2.75, 3.05) is 13.2 Å². The Labute approximate surface area is 132 Å². The molecule has 2 fully saturated rings. The van der Waals surface area contributed by atoms with Gasteiger partial charge in [0.25, 0.3) is 0 Å². The van der Waals surface area contributed by atoms with Crippen molar-refractivity contribution >= 4 is 5.78 Å². The van der Waals surface area contributed by atoms with Gasteiger partial charge < -0.3 is 4.74 Å². The van der Waals surface area contributed by atoms with Crippen LogP contribution in [-0.2, 0) is 4.74 Å². The normalized spacial score (nSPS) is 34.2. The van der Waals surface area contributed by atoms with Gasteiger partial charge in [-0.1, -0.05) is 30.3 Å². The molecule has 0 spiro atoms. The van der Waals surface area contributed by atoms with Gasteiger partial charge >= 0.3 is 0 Å². The van der Waals surface area contributed by atoms with Gasteiger partial charge in [0.15, 0.2) is 12.0 Å². The second-order valence-corrected chi connectivity index (χ2v) is 6.77. The van der Waals surface area contributed by atoms with Crippen molar-refractivity contribution in [3.63, 3.8) is 0 Å². The van der Waals surface area contributed by atoms with Crippen LogP contribution in [0, 0.1) is 11.3 Å². The second kappa shape index (κ2) is 4.47. The van der Waals surface area contributed by atoms with Gasteiger partial charge in [0, 0.05) is 6.42 Å². The molecule has 6 heteroatoms. The SMILES string of the molecule is O=C(c1nc2n(n1)[C@H](c1ccccc1)C[C@@H]2F)[C@]12COC[C@H]1C2. The van der Waals surface area contributed by atoms with Crippen LogP contribution in [-0.4, -0.2) is 33.8 Å². The zero-order chi connectivity index (χ0) is 15.6. The van der Waals surface area contributed by atoms with Gasteiger partial charge in [-0.25, -0.2) is 14.1 Å². The quantitative estimate of drug-likeness (QED) is 0.817. The Morgan fingerprint density at radius 1 is 1.35 bits per heavy atom. The van der Waals surface area contributed by atoms with Crippen molar-refractivity contribution in [3.8, 4) is 0 Å². The van der Waals surface area contributed by atoms with E-state index in [2.05, 4.69) is 10.1 Å². The highest BCUT2D eigenvalue weighted by atomic mass is 19.1. The Hall–Kier alpha value is -2.08. The number of nitrogens with zero attached hydrogens (tertiary/aromatic N) is 3. The molecule has 0 radical (unpaired) electrons. The molecule has 1 aliphatic carbocycles. The van der Waals surface area contributed by atoms with Crippen molar-refractivity contribution in [2.45, 2.75) is 25.1 Å². The van der Waals surface area contributed by atoms with Gasteiger partial charge in [-0.15, -0.1) is 5.10 Å². The lowest BCUT2D eigenvalue weighted by Crippen LogP contribution is -2.21. The Kier molecular flexibility index (Phi) is 2.60. The fourth-order valence-electron chi connectivity index (χ4n) is 3.95. The van der Waals surface area contributed by atoms with Crippen molar-refractivity contribution in [1.29, 1.82) is 0 Å². The molecule has 0 amide bonds. The van der Waals surface area contributed by atoms with Crippen molar-refractivity contribution in [1.82, 2.24) is 14.8 Å². The van der Waals surface area contributed by atoms with E-state index in [1.54, 1.807) is 4.68 Å². The van der Waals surface area contributed by atoms with Crippen LogP contribution in [0.1, 0.15) is 47.1 Å². The van der Waals surface area contributed by atoms with Crippen LogP contribution >= 0.6 is 0 Å². The summed E-state index contributed by atoms with van der Waals surface area (Å²) in [5.74, 6) is 0.631. The van der Waals surface area contributed by atoms with Crippen LogP contribution < -0.4 is 0 Å². The van der Waals surface area contributed by atoms with Crippen LogP contribution in [0.15, 0.2) is 30.3 Å². The van der Waals surface area contributed by atoms with E-state index in [0.717, 1.165) is 12.0 Å². The number of Topliss-reactive ketones (excluding diaryl/α,β-unsaturated/α-hetero) is 1. The van der Waals surface area contributed by atoms with Crippen LogP contribution in [0.3, 0.4) is 0 Å². The average Bonchev–Trinajstić information content (AvgIpc) is 2.94. The predicted octanol–water partition coefficient (Wildman–Crippen LogP) is 2.50. The first kappa shape index (κ1) is 13.4.